The summed E-state index contributed by atoms with van der Waals surface area (Å²) in [5, 5.41) is 1.78. The largest absolute Gasteiger partial charge is 0.311 e. The van der Waals surface area contributed by atoms with Gasteiger partial charge in [0.15, 0.2) is 0 Å². The average Bonchev–Trinajstić information content (AvgIpc) is 3.25. The molecule has 0 saturated carbocycles. The summed E-state index contributed by atoms with van der Waals surface area (Å²) in [6, 6.07) is 10.9. The Morgan fingerprint density at radius 2 is 1.96 bits per heavy atom. The third-order valence-corrected chi connectivity index (χ3v) is 8.84. The molecule has 3 aromatic rings. The molecule has 2 aliphatic rings. The molecule has 144 valence electrons. The molecule has 0 radical (unpaired) electrons. The Hall–Kier alpha value is -2.29. The van der Waals surface area contributed by atoms with Crippen LogP contribution >= 0.6 is 11.3 Å². The van der Waals surface area contributed by atoms with E-state index in [1.807, 2.05) is 28.8 Å². The maximum Gasteiger partial charge on any atom is 0.258 e. The Labute approximate surface area is 167 Å². The molecule has 0 aliphatic carbocycles. The van der Waals surface area contributed by atoms with Crippen molar-refractivity contribution in [1.82, 2.24) is 13.9 Å². The quantitative estimate of drug-likeness (QED) is 0.662. The summed E-state index contributed by atoms with van der Waals surface area (Å²) in [5.41, 5.74) is 2.36. The smallest absolute Gasteiger partial charge is 0.258 e. The van der Waals surface area contributed by atoms with Crippen LogP contribution < -0.4 is 5.56 Å². The van der Waals surface area contributed by atoms with Gasteiger partial charge in [0.1, 0.15) is 4.21 Å². The summed E-state index contributed by atoms with van der Waals surface area (Å²) in [4.78, 5) is 17.2. The molecule has 8 heteroatoms. The zero-order valence-electron chi connectivity index (χ0n) is 15.1. The molecular formula is C20H19N3O3S2. The molecule has 0 N–H and O–H groups in total. The summed E-state index contributed by atoms with van der Waals surface area (Å²) >= 11 is 1.25. The molecule has 0 spiro atoms. The normalized spacial score (nSPS) is 22.0. The van der Waals surface area contributed by atoms with Gasteiger partial charge in [-0.2, -0.15) is 4.31 Å². The molecule has 0 amide bonds. The van der Waals surface area contributed by atoms with Crippen LogP contribution in [-0.2, 0) is 16.6 Å². The van der Waals surface area contributed by atoms with Gasteiger partial charge in [0, 0.05) is 54.8 Å². The highest BCUT2D eigenvalue weighted by Gasteiger charge is 2.40. The van der Waals surface area contributed by atoms with Crippen LogP contribution in [0, 0.1) is 5.92 Å². The number of hydrogen-bond donors (Lipinski definition) is 0. The summed E-state index contributed by atoms with van der Waals surface area (Å²) in [5.74, 6) is 0.181. The minimum absolute atomic E-state index is 0.0187. The van der Waals surface area contributed by atoms with Gasteiger partial charge in [-0.05, 0) is 42.0 Å². The van der Waals surface area contributed by atoms with Crippen LogP contribution in [0.2, 0.25) is 0 Å². The van der Waals surface area contributed by atoms with E-state index in [0.717, 1.165) is 17.7 Å². The molecule has 2 atom stereocenters. The minimum atomic E-state index is -3.47. The highest BCUT2D eigenvalue weighted by Crippen LogP contribution is 2.38. The van der Waals surface area contributed by atoms with Gasteiger partial charge in [-0.3, -0.25) is 9.78 Å². The zero-order valence-corrected chi connectivity index (χ0v) is 16.7. The van der Waals surface area contributed by atoms with Crippen LogP contribution in [0.15, 0.2) is 63.2 Å². The number of pyridine rings is 2. The maximum absolute atomic E-state index is 13.1. The van der Waals surface area contributed by atoms with Crippen molar-refractivity contribution in [3.8, 4) is 11.1 Å². The van der Waals surface area contributed by atoms with E-state index in [2.05, 4.69) is 4.98 Å². The van der Waals surface area contributed by atoms with Crippen LogP contribution in [-0.4, -0.2) is 35.4 Å². The van der Waals surface area contributed by atoms with Crippen LogP contribution in [0.25, 0.3) is 11.1 Å². The van der Waals surface area contributed by atoms with Crippen LogP contribution in [0.4, 0.5) is 0 Å². The fourth-order valence-electron chi connectivity index (χ4n) is 4.38. The number of fused-ring (bicyclic) bond motifs is 4. The topological polar surface area (TPSA) is 72.3 Å². The van der Waals surface area contributed by atoms with Crippen LogP contribution in [0.3, 0.4) is 0 Å². The zero-order chi connectivity index (χ0) is 19.3. The molecule has 2 unspecified atom stereocenters. The Morgan fingerprint density at radius 1 is 1.07 bits per heavy atom. The number of sulfonamides is 1. The molecule has 2 bridgehead atoms. The fraction of sp³-hybridized carbons (Fsp3) is 0.300. The molecule has 2 aliphatic heterocycles. The molecule has 3 aromatic heterocycles. The second-order valence-corrected chi connectivity index (χ2v) is 10.5. The lowest BCUT2D eigenvalue weighted by molar-refractivity contribution is 0.186. The average molecular weight is 414 g/mol. The van der Waals surface area contributed by atoms with Gasteiger partial charge in [0.25, 0.3) is 15.6 Å². The Kier molecular flexibility index (Phi) is 4.22. The number of rotatable bonds is 3. The van der Waals surface area contributed by atoms with Crippen LogP contribution in [0.5, 0.6) is 0 Å². The van der Waals surface area contributed by atoms with Gasteiger partial charge in [-0.15, -0.1) is 11.3 Å². The molecular weight excluding hydrogens is 394 g/mol. The van der Waals surface area contributed by atoms with E-state index in [9.17, 15) is 13.2 Å². The summed E-state index contributed by atoms with van der Waals surface area (Å²) in [7, 11) is -3.47. The Morgan fingerprint density at radius 3 is 2.71 bits per heavy atom. The van der Waals surface area contributed by atoms with Gasteiger partial charge >= 0.3 is 0 Å². The van der Waals surface area contributed by atoms with Crippen molar-refractivity contribution in [3.63, 3.8) is 0 Å². The number of thiophene rings is 1. The van der Waals surface area contributed by atoms with Crippen molar-refractivity contribution in [2.24, 2.45) is 5.92 Å². The predicted octanol–water partition coefficient (Wildman–Crippen LogP) is 2.78. The second-order valence-electron chi connectivity index (χ2n) is 7.38. The standard InChI is InChI=1S/C20H19N3O3S2/c24-20-17(15-3-1-7-21-10-15)5-6-18-16-9-14(12-23(18)20)11-22(13-16)28(25,26)19-4-2-8-27-19/h1-8,10,14,16H,9,11-13H2. The van der Waals surface area contributed by atoms with E-state index >= 15 is 0 Å². The van der Waals surface area contributed by atoms with Gasteiger partial charge in [0.2, 0.25) is 0 Å². The third kappa shape index (κ3) is 2.83. The number of hydrogen-bond acceptors (Lipinski definition) is 5. The first-order valence-electron chi connectivity index (χ1n) is 9.22. The molecule has 1 fully saturated rings. The molecule has 5 heterocycles. The maximum atomic E-state index is 13.1. The van der Waals surface area contributed by atoms with Gasteiger partial charge in [-0.1, -0.05) is 12.1 Å². The molecule has 0 aromatic carbocycles. The lowest BCUT2D eigenvalue weighted by atomic mass is 9.84. The fourth-order valence-corrected chi connectivity index (χ4v) is 7.08. The highest BCUT2D eigenvalue weighted by molar-refractivity contribution is 7.91. The summed E-state index contributed by atoms with van der Waals surface area (Å²) in [6.45, 7) is 1.43. The predicted molar refractivity (Wildman–Crippen MR) is 108 cm³/mol. The lowest BCUT2D eigenvalue weighted by Gasteiger charge is -2.42. The first-order valence-corrected chi connectivity index (χ1v) is 11.5. The highest BCUT2D eigenvalue weighted by atomic mass is 32.2. The first-order chi connectivity index (χ1) is 13.5. The SMILES string of the molecule is O=c1c(-c2cccnc2)ccc2n1CC1CC2CN(S(=O)(=O)c2cccs2)C1. The number of aromatic nitrogens is 2. The first kappa shape index (κ1) is 17.8. The third-order valence-electron chi connectivity index (χ3n) is 5.63. The summed E-state index contributed by atoms with van der Waals surface area (Å²) in [6.07, 6.45) is 4.30. The van der Waals surface area contributed by atoms with Crippen molar-refractivity contribution in [3.05, 3.63) is 70.2 Å². The van der Waals surface area contributed by atoms with Crippen molar-refractivity contribution >= 4 is 21.4 Å². The Balaban J connectivity index is 1.52. The summed E-state index contributed by atoms with van der Waals surface area (Å²) < 4.78 is 29.7. The second kappa shape index (κ2) is 6.65. The van der Waals surface area contributed by atoms with Crippen molar-refractivity contribution < 1.29 is 8.42 Å². The molecule has 28 heavy (non-hydrogen) atoms. The van der Waals surface area contributed by atoms with Crippen molar-refractivity contribution in [1.29, 1.82) is 0 Å². The van der Waals surface area contributed by atoms with Crippen molar-refractivity contribution in [2.75, 3.05) is 13.1 Å². The number of piperidine rings is 1. The van der Waals surface area contributed by atoms with E-state index in [1.165, 1.54) is 11.3 Å². The van der Waals surface area contributed by atoms with E-state index in [0.29, 0.717) is 29.4 Å². The minimum Gasteiger partial charge on any atom is -0.311 e. The van der Waals surface area contributed by atoms with Crippen molar-refractivity contribution in [2.45, 2.75) is 23.1 Å². The monoisotopic (exact) mass is 413 g/mol. The molecule has 1 saturated heterocycles. The van der Waals surface area contributed by atoms with Gasteiger partial charge in [-0.25, -0.2) is 8.42 Å². The van der Waals surface area contributed by atoms with Gasteiger partial charge in [0.05, 0.1) is 0 Å². The van der Waals surface area contributed by atoms with E-state index in [4.69, 9.17) is 0 Å². The molecule has 5 rings (SSSR count). The van der Waals surface area contributed by atoms with E-state index < -0.39 is 10.0 Å². The van der Waals surface area contributed by atoms with Crippen LogP contribution in [0.1, 0.15) is 18.0 Å². The Bertz CT molecular complexity index is 1170. The van der Waals surface area contributed by atoms with Gasteiger partial charge < -0.3 is 4.57 Å². The van der Waals surface area contributed by atoms with E-state index in [1.54, 1.807) is 34.2 Å². The van der Waals surface area contributed by atoms with E-state index in [-0.39, 0.29) is 17.4 Å². The lowest BCUT2D eigenvalue weighted by Crippen LogP contribution is -2.49. The number of nitrogens with zero attached hydrogens (tertiary/aromatic N) is 3. The molecule has 6 nitrogen and oxygen atoms in total.